The minimum Gasteiger partial charge on any atom is -0.394 e. The zero-order valence-electron chi connectivity index (χ0n) is 14.0. The average molecular weight is 383 g/mol. The first-order chi connectivity index (χ1) is 12.2. The predicted molar refractivity (Wildman–Crippen MR) is 80.2 cm³/mol. The lowest BCUT2D eigenvalue weighted by molar-refractivity contribution is -0.345. The molecule has 8 N–H and O–H groups in total. The van der Waals surface area contributed by atoms with Crippen LogP contribution in [0.5, 0.6) is 0 Å². The fourth-order valence-electron chi connectivity index (χ4n) is 2.98. The third-order valence-electron chi connectivity index (χ3n) is 4.38. The van der Waals surface area contributed by atoms with Crippen LogP contribution in [-0.4, -0.2) is 116 Å². The van der Waals surface area contributed by atoms with E-state index in [4.69, 9.17) is 14.2 Å². The normalized spacial score (nSPS) is 46.8. The minimum atomic E-state index is -1.73. The molecule has 2 rings (SSSR count). The molecule has 12 nitrogen and oxygen atoms in total. The Morgan fingerprint density at radius 1 is 0.923 bits per heavy atom. The lowest BCUT2D eigenvalue weighted by Gasteiger charge is -2.46. The van der Waals surface area contributed by atoms with Gasteiger partial charge in [0.1, 0.15) is 48.8 Å². The minimum absolute atomic E-state index is 0.564. The molecule has 2 aliphatic rings. The monoisotopic (exact) mass is 383 g/mol. The molecule has 12 heteroatoms. The van der Waals surface area contributed by atoms with E-state index in [-0.39, 0.29) is 0 Å². The van der Waals surface area contributed by atoms with Gasteiger partial charge in [-0.3, -0.25) is 4.79 Å². The van der Waals surface area contributed by atoms with Crippen LogP contribution in [-0.2, 0) is 19.0 Å². The molecule has 2 fully saturated rings. The molecule has 0 aromatic carbocycles. The Balaban J connectivity index is 2.16. The molecule has 1 unspecified atom stereocenters. The van der Waals surface area contributed by atoms with Crippen molar-refractivity contribution in [3.63, 3.8) is 0 Å². The maximum atomic E-state index is 11.2. The van der Waals surface area contributed by atoms with Crippen LogP contribution >= 0.6 is 0 Å². The molecule has 1 amide bonds. The van der Waals surface area contributed by atoms with Crippen LogP contribution < -0.4 is 5.32 Å². The number of carbonyl (C=O) groups is 1. The van der Waals surface area contributed by atoms with Gasteiger partial charge in [-0.25, -0.2) is 0 Å². The van der Waals surface area contributed by atoms with Gasteiger partial charge in [0.2, 0.25) is 5.91 Å². The zero-order valence-corrected chi connectivity index (χ0v) is 14.0. The maximum Gasteiger partial charge on any atom is 0.217 e. The lowest BCUT2D eigenvalue weighted by Crippen LogP contribution is -2.67. The smallest absolute Gasteiger partial charge is 0.217 e. The molecule has 2 heterocycles. The first-order valence-electron chi connectivity index (χ1n) is 8.06. The van der Waals surface area contributed by atoms with Crippen molar-refractivity contribution in [3.8, 4) is 0 Å². The van der Waals surface area contributed by atoms with Gasteiger partial charge in [-0.1, -0.05) is 0 Å². The van der Waals surface area contributed by atoms with Crippen molar-refractivity contribution in [1.29, 1.82) is 0 Å². The van der Waals surface area contributed by atoms with Gasteiger partial charge < -0.3 is 55.3 Å². The van der Waals surface area contributed by atoms with Gasteiger partial charge >= 0.3 is 0 Å². The molecule has 10 atom stereocenters. The van der Waals surface area contributed by atoms with E-state index in [0.717, 1.165) is 6.92 Å². The second-order valence-electron chi connectivity index (χ2n) is 6.26. The summed E-state index contributed by atoms with van der Waals surface area (Å²) in [4.78, 5) is 11.2. The van der Waals surface area contributed by atoms with Crippen LogP contribution in [0.1, 0.15) is 6.92 Å². The third-order valence-corrected chi connectivity index (χ3v) is 4.38. The number of ether oxygens (including phenoxy) is 3. The molecule has 0 aliphatic carbocycles. The summed E-state index contributed by atoms with van der Waals surface area (Å²) in [5.74, 6) is -0.564. The standard InChI is InChI=1S/C14H25NO11/c1-4(18)15-7-9(20)12(6(3-17)24-13(7)23)26-14-11(22)10(21)8(19)5(2-16)25-14/h5-14,16-17,19-23H,2-3H2,1H3,(H,15,18)/t5-,6+,7-,8+,9-,10+,11-,12-,13?,14+/m0/s1. The SMILES string of the molecule is CC(=O)N[C@@H]1C(O)O[C@H](CO)[C@H](O[C@H]2O[C@@H](CO)[C@@H](O)[C@@H](O)[C@@H]2O)[C@H]1O. The fourth-order valence-corrected chi connectivity index (χ4v) is 2.98. The number of carbonyl (C=O) groups excluding carboxylic acids is 1. The van der Waals surface area contributed by atoms with E-state index in [1.165, 1.54) is 0 Å². The summed E-state index contributed by atoms with van der Waals surface area (Å²) in [5.41, 5.74) is 0. The number of aliphatic hydroxyl groups excluding tert-OH is 7. The first kappa shape index (κ1) is 21.4. The zero-order chi connectivity index (χ0) is 19.6. The Labute approximate surface area is 148 Å². The van der Waals surface area contributed by atoms with Crippen molar-refractivity contribution in [1.82, 2.24) is 5.32 Å². The molecule has 2 aliphatic heterocycles. The molecule has 152 valence electrons. The summed E-state index contributed by atoms with van der Waals surface area (Å²) in [7, 11) is 0. The first-order valence-corrected chi connectivity index (χ1v) is 8.06. The summed E-state index contributed by atoms with van der Waals surface area (Å²) in [6.45, 7) is -0.195. The van der Waals surface area contributed by atoms with E-state index >= 15 is 0 Å². The van der Waals surface area contributed by atoms with Gasteiger partial charge in [0.25, 0.3) is 0 Å². The highest BCUT2D eigenvalue weighted by Crippen LogP contribution is 2.28. The number of aliphatic hydroxyl groups is 7. The third kappa shape index (κ3) is 4.31. The number of nitrogens with one attached hydrogen (secondary N) is 1. The number of hydrogen-bond acceptors (Lipinski definition) is 11. The van der Waals surface area contributed by atoms with E-state index < -0.39 is 80.5 Å². The molecule has 0 radical (unpaired) electrons. The van der Waals surface area contributed by atoms with Crippen molar-refractivity contribution < 1.29 is 54.8 Å². The Morgan fingerprint density at radius 3 is 2.08 bits per heavy atom. The predicted octanol–water partition coefficient (Wildman–Crippen LogP) is -5.25. The summed E-state index contributed by atoms with van der Waals surface area (Å²) >= 11 is 0. The Kier molecular flexibility index (Phi) is 7.27. The highest BCUT2D eigenvalue weighted by molar-refractivity contribution is 5.73. The average Bonchev–Trinajstić information content (AvgIpc) is 2.60. The largest absolute Gasteiger partial charge is 0.394 e. The van der Waals surface area contributed by atoms with Crippen LogP contribution in [0.2, 0.25) is 0 Å². The summed E-state index contributed by atoms with van der Waals surface area (Å²) < 4.78 is 15.7. The van der Waals surface area contributed by atoms with Gasteiger partial charge in [-0.15, -0.1) is 0 Å². The van der Waals surface area contributed by atoms with Crippen molar-refractivity contribution in [2.24, 2.45) is 0 Å². The van der Waals surface area contributed by atoms with Gasteiger partial charge in [0, 0.05) is 6.92 Å². The number of hydrogen-bond donors (Lipinski definition) is 8. The molecule has 26 heavy (non-hydrogen) atoms. The molecular formula is C14H25NO11. The van der Waals surface area contributed by atoms with E-state index in [1.54, 1.807) is 0 Å². The van der Waals surface area contributed by atoms with Crippen molar-refractivity contribution >= 4 is 5.91 Å². The van der Waals surface area contributed by atoms with Gasteiger partial charge in [-0.05, 0) is 0 Å². The van der Waals surface area contributed by atoms with Crippen LogP contribution in [0.15, 0.2) is 0 Å². The van der Waals surface area contributed by atoms with E-state index in [1.807, 2.05) is 0 Å². The Morgan fingerprint density at radius 2 is 1.54 bits per heavy atom. The van der Waals surface area contributed by atoms with Gasteiger partial charge in [0.05, 0.1) is 13.2 Å². The number of amides is 1. The molecule has 0 aromatic rings. The Bertz CT molecular complexity index is 478. The van der Waals surface area contributed by atoms with Crippen LogP contribution in [0.3, 0.4) is 0 Å². The highest BCUT2D eigenvalue weighted by Gasteiger charge is 2.50. The molecule has 0 bridgehead atoms. The summed E-state index contributed by atoms with van der Waals surface area (Å²) in [6, 6.07) is -1.29. The molecule has 2 saturated heterocycles. The van der Waals surface area contributed by atoms with Crippen molar-refractivity contribution in [2.45, 2.75) is 68.3 Å². The van der Waals surface area contributed by atoms with Crippen LogP contribution in [0, 0.1) is 0 Å². The lowest BCUT2D eigenvalue weighted by atomic mass is 9.95. The van der Waals surface area contributed by atoms with Gasteiger partial charge in [-0.2, -0.15) is 0 Å². The fraction of sp³-hybridized carbons (Fsp3) is 0.929. The van der Waals surface area contributed by atoms with E-state index in [0.29, 0.717) is 0 Å². The van der Waals surface area contributed by atoms with Crippen molar-refractivity contribution in [2.75, 3.05) is 13.2 Å². The van der Waals surface area contributed by atoms with Crippen molar-refractivity contribution in [3.05, 3.63) is 0 Å². The second-order valence-corrected chi connectivity index (χ2v) is 6.26. The summed E-state index contributed by atoms with van der Waals surface area (Å²) in [5, 5.41) is 70.7. The molecule has 0 saturated carbocycles. The highest BCUT2D eigenvalue weighted by atomic mass is 16.7. The summed E-state index contributed by atoms with van der Waals surface area (Å²) in [6.07, 6.45) is -13.6. The molecular weight excluding hydrogens is 358 g/mol. The Hall–Kier alpha value is -0.930. The topological polar surface area (TPSA) is 198 Å². The van der Waals surface area contributed by atoms with Gasteiger partial charge in [0.15, 0.2) is 12.6 Å². The van der Waals surface area contributed by atoms with E-state index in [9.17, 15) is 40.5 Å². The molecule has 0 aromatic heterocycles. The number of rotatable bonds is 5. The molecule has 0 spiro atoms. The van der Waals surface area contributed by atoms with Crippen LogP contribution in [0.25, 0.3) is 0 Å². The second kappa shape index (κ2) is 8.84. The quantitative estimate of drug-likeness (QED) is 0.226. The van der Waals surface area contributed by atoms with E-state index in [2.05, 4.69) is 5.32 Å². The maximum absolute atomic E-state index is 11.2. The van der Waals surface area contributed by atoms with Crippen LogP contribution in [0.4, 0.5) is 0 Å².